The first-order valence-corrected chi connectivity index (χ1v) is 7.69. The molecule has 104 valence electrons. The quantitative estimate of drug-likeness (QED) is 0.663. The van der Waals surface area contributed by atoms with Gasteiger partial charge in [-0.2, -0.15) is 0 Å². The van der Waals surface area contributed by atoms with Crippen molar-refractivity contribution in [2.24, 2.45) is 23.6 Å². The van der Waals surface area contributed by atoms with E-state index >= 15 is 0 Å². The zero-order chi connectivity index (χ0) is 13.5. The molecule has 1 aromatic heterocycles. The van der Waals surface area contributed by atoms with E-state index in [1.165, 1.54) is 42.0 Å². The summed E-state index contributed by atoms with van der Waals surface area (Å²) >= 11 is 0. The Morgan fingerprint density at radius 3 is 2.70 bits per heavy atom. The summed E-state index contributed by atoms with van der Waals surface area (Å²) in [6.07, 6.45) is 9.39. The number of hydrogen-bond donors (Lipinski definition) is 2. The van der Waals surface area contributed by atoms with Crippen LogP contribution in [0.4, 0.5) is 0 Å². The van der Waals surface area contributed by atoms with Crippen molar-refractivity contribution in [3.05, 3.63) is 42.2 Å². The molecule has 3 unspecified atom stereocenters. The van der Waals surface area contributed by atoms with Gasteiger partial charge in [0.05, 0.1) is 0 Å². The predicted octanol–water partition coefficient (Wildman–Crippen LogP) is 3.18. The first kappa shape index (κ1) is 12.3. The minimum absolute atomic E-state index is 0.274. The lowest BCUT2D eigenvalue weighted by Gasteiger charge is -2.18. The van der Waals surface area contributed by atoms with Gasteiger partial charge in [-0.1, -0.05) is 31.0 Å². The number of aromatic nitrogens is 1. The molecule has 2 saturated carbocycles. The number of hydrogen-bond acceptors (Lipinski definition) is 3. The Hall–Kier alpha value is -1.45. The highest BCUT2D eigenvalue weighted by Crippen LogP contribution is 2.60. The Morgan fingerprint density at radius 2 is 1.95 bits per heavy atom. The third-order valence-electron chi connectivity index (χ3n) is 5.34. The molecule has 0 bridgehead atoms. The molecule has 2 fully saturated rings. The fraction of sp³-hybridized carbons (Fsp3) is 0.471. The van der Waals surface area contributed by atoms with Crippen molar-refractivity contribution in [3.8, 4) is 0 Å². The monoisotopic (exact) mass is 267 g/mol. The molecule has 3 N–H and O–H groups in total. The van der Waals surface area contributed by atoms with E-state index in [1.54, 1.807) is 0 Å². The molecule has 20 heavy (non-hydrogen) atoms. The average Bonchev–Trinajstić information content (AvgIpc) is 3.23. The maximum atomic E-state index is 5.92. The summed E-state index contributed by atoms with van der Waals surface area (Å²) in [4.78, 5) is 4.29. The molecule has 2 aliphatic rings. The molecule has 0 spiro atoms. The molecule has 3 atom stereocenters. The zero-order valence-electron chi connectivity index (χ0n) is 11.6. The lowest BCUT2D eigenvalue weighted by Crippen LogP contribution is -2.30. The third kappa shape index (κ3) is 1.85. The van der Waals surface area contributed by atoms with Crippen LogP contribution in [0, 0.1) is 17.8 Å². The van der Waals surface area contributed by atoms with Gasteiger partial charge in [0.2, 0.25) is 0 Å². The summed E-state index contributed by atoms with van der Waals surface area (Å²) < 4.78 is 0. The lowest BCUT2D eigenvalue weighted by molar-refractivity contribution is 0.459. The Morgan fingerprint density at radius 1 is 1.15 bits per heavy atom. The van der Waals surface area contributed by atoms with Gasteiger partial charge >= 0.3 is 0 Å². The van der Waals surface area contributed by atoms with Gasteiger partial charge in [0.15, 0.2) is 0 Å². The molecular weight excluding hydrogens is 246 g/mol. The van der Waals surface area contributed by atoms with Gasteiger partial charge in [-0.05, 0) is 47.6 Å². The Labute approximate surface area is 119 Å². The molecule has 3 heteroatoms. The summed E-state index contributed by atoms with van der Waals surface area (Å²) in [7, 11) is 0. The average molecular weight is 267 g/mol. The van der Waals surface area contributed by atoms with Gasteiger partial charge in [0.25, 0.3) is 0 Å². The fourth-order valence-corrected chi connectivity index (χ4v) is 4.36. The minimum Gasteiger partial charge on any atom is -0.271 e. The van der Waals surface area contributed by atoms with Crippen molar-refractivity contribution in [3.63, 3.8) is 0 Å². The first-order chi connectivity index (χ1) is 9.90. The second-order valence-electron chi connectivity index (χ2n) is 6.28. The van der Waals surface area contributed by atoms with Gasteiger partial charge in [-0.15, -0.1) is 0 Å². The van der Waals surface area contributed by atoms with Gasteiger partial charge in [0, 0.05) is 23.8 Å². The Balaban J connectivity index is 1.73. The van der Waals surface area contributed by atoms with Crippen LogP contribution in [0.25, 0.3) is 10.8 Å². The number of nitrogens with two attached hydrogens (primary N) is 1. The van der Waals surface area contributed by atoms with Gasteiger partial charge in [-0.3, -0.25) is 16.3 Å². The maximum Gasteiger partial charge on any atom is 0.0500 e. The van der Waals surface area contributed by atoms with Crippen molar-refractivity contribution in [2.45, 2.75) is 31.7 Å². The number of hydrazine groups is 1. The molecule has 1 heterocycles. The van der Waals surface area contributed by atoms with E-state index in [0.29, 0.717) is 5.92 Å². The van der Waals surface area contributed by atoms with Crippen LogP contribution in [0.3, 0.4) is 0 Å². The molecule has 4 rings (SSSR count). The number of rotatable bonds is 3. The molecule has 3 nitrogen and oxygen atoms in total. The van der Waals surface area contributed by atoms with Gasteiger partial charge in [0.1, 0.15) is 0 Å². The number of nitrogens with zero attached hydrogens (tertiary/aromatic N) is 1. The fourth-order valence-electron chi connectivity index (χ4n) is 4.36. The molecular formula is C17H21N3. The van der Waals surface area contributed by atoms with Crippen molar-refractivity contribution in [1.29, 1.82) is 0 Å². The molecule has 0 amide bonds. The highest BCUT2D eigenvalue weighted by molar-refractivity contribution is 5.85. The van der Waals surface area contributed by atoms with Crippen LogP contribution in [0.5, 0.6) is 0 Å². The topological polar surface area (TPSA) is 50.9 Å². The van der Waals surface area contributed by atoms with Crippen molar-refractivity contribution >= 4 is 10.8 Å². The Kier molecular flexibility index (Phi) is 2.97. The normalized spacial score (nSPS) is 29.9. The SMILES string of the molecule is NNC(c1cccc2ccncc12)C1C2CCCCC21. The van der Waals surface area contributed by atoms with Crippen molar-refractivity contribution in [2.75, 3.05) is 0 Å². The molecule has 2 aromatic rings. The number of fused-ring (bicyclic) bond motifs is 2. The maximum absolute atomic E-state index is 5.92. The largest absolute Gasteiger partial charge is 0.271 e. The minimum atomic E-state index is 0.274. The summed E-state index contributed by atoms with van der Waals surface area (Å²) in [5.41, 5.74) is 4.42. The number of pyridine rings is 1. The van der Waals surface area contributed by atoms with E-state index < -0.39 is 0 Å². The first-order valence-electron chi connectivity index (χ1n) is 7.69. The van der Waals surface area contributed by atoms with E-state index in [0.717, 1.165) is 11.8 Å². The molecule has 1 aromatic carbocycles. The zero-order valence-corrected chi connectivity index (χ0v) is 11.6. The van der Waals surface area contributed by atoms with E-state index in [4.69, 9.17) is 5.84 Å². The van der Waals surface area contributed by atoms with Crippen LogP contribution in [0.2, 0.25) is 0 Å². The van der Waals surface area contributed by atoms with E-state index in [2.05, 4.69) is 34.7 Å². The highest BCUT2D eigenvalue weighted by atomic mass is 15.2. The van der Waals surface area contributed by atoms with Crippen LogP contribution in [0.15, 0.2) is 36.7 Å². The second kappa shape index (κ2) is 4.83. The van der Waals surface area contributed by atoms with Gasteiger partial charge in [-0.25, -0.2) is 0 Å². The summed E-state index contributed by atoms with van der Waals surface area (Å²) in [6.45, 7) is 0. The predicted molar refractivity (Wildman–Crippen MR) is 80.7 cm³/mol. The molecule has 2 aliphatic carbocycles. The number of benzene rings is 1. The summed E-state index contributed by atoms with van der Waals surface area (Å²) in [5.74, 6) is 8.41. The van der Waals surface area contributed by atoms with E-state index in [-0.39, 0.29) is 6.04 Å². The second-order valence-corrected chi connectivity index (χ2v) is 6.28. The highest BCUT2D eigenvalue weighted by Gasteiger charge is 2.54. The van der Waals surface area contributed by atoms with Crippen LogP contribution in [-0.2, 0) is 0 Å². The summed E-state index contributed by atoms with van der Waals surface area (Å²) in [6, 6.07) is 8.84. The van der Waals surface area contributed by atoms with Gasteiger partial charge < -0.3 is 0 Å². The third-order valence-corrected chi connectivity index (χ3v) is 5.34. The van der Waals surface area contributed by atoms with Crippen LogP contribution in [0.1, 0.15) is 37.3 Å². The van der Waals surface area contributed by atoms with Crippen LogP contribution < -0.4 is 11.3 Å². The van der Waals surface area contributed by atoms with Crippen molar-refractivity contribution in [1.82, 2.24) is 10.4 Å². The standard InChI is InChI=1S/C17H21N3/c18-20-17(16-12-5-1-2-6-13(12)16)14-7-3-4-11-8-9-19-10-15(11)14/h3-4,7-10,12-13,16-17,20H,1-2,5-6,18H2. The lowest BCUT2D eigenvalue weighted by atomic mass is 9.96. The summed E-state index contributed by atoms with van der Waals surface area (Å²) in [5, 5.41) is 2.49. The van der Waals surface area contributed by atoms with E-state index in [1.807, 2.05) is 12.4 Å². The smallest absolute Gasteiger partial charge is 0.0500 e. The van der Waals surface area contributed by atoms with Crippen LogP contribution in [-0.4, -0.2) is 4.98 Å². The Bertz CT molecular complexity index is 607. The van der Waals surface area contributed by atoms with Crippen molar-refractivity contribution < 1.29 is 0 Å². The molecule has 0 radical (unpaired) electrons. The number of nitrogens with one attached hydrogen (secondary N) is 1. The molecule has 0 saturated heterocycles. The van der Waals surface area contributed by atoms with Crippen LogP contribution >= 0.6 is 0 Å². The molecule has 0 aliphatic heterocycles. The van der Waals surface area contributed by atoms with E-state index in [9.17, 15) is 0 Å².